The number of nitrogen functional groups attached to an aromatic ring is 1. The van der Waals surface area contributed by atoms with Gasteiger partial charge < -0.3 is 15.2 Å². The van der Waals surface area contributed by atoms with Crippen LogP contribution >= 0.6 is 15.9 Å². The highest BCUT2D eigenvalue weighted by atomic mass is 79.9. The second kappa shape index (κ2) is 6.85. The fourth-order valence-corrected chi connectivity index (χ4v) is 2.29. The van der Waals surface area contributed by atoms with Gasteiger partial charge in [-0.15, -0.1) is 0 Å². The minimum atomic E-state index is 0.629. The number of nitrogens with two attached hydrogens (primary N) is 1. The van der Waals surface area contributed by atoms with Gasteiger partial charge in [-0.2, -0.15) is 0 Å². The minimum Gasteiger partial charge on any atom is -0.493 e. The summed E-state index contributed by atoms with van der Waals surface area (Å²) in [6, 6.07) is 9.45. The van der Waals surface area contributed by atoms with E-state index in [-0.39, 0.29) is 0 Å². The average Bonchev–Trinajstić information content (AvgIpc) is 2.42. The largest absolute Gasteiger partial charge is 0.493 e. The summed E-state index contributed by atoms with van der Waals surface area (Å²) in [6.07, 6.45) is 0.954. The summed E-state index contributed by atoms with van der Waals surface area (Å²) in [6.45, 7) is 6.81. The Bertz CT molecular complexity index is 618. The third-order valence-electron chi connectivity index (χ3n) is 3.02. The number of hydrogen-bond acceptors (Lipinski definition) is 3. The van der Waals surface area contributed by atoms with E-state index in [0.717, 1.165) is 33.5 Å². The molecule has 0 spiro atoms. The first-order valence-electron chi connectivity index (χ1n) is 6.97. The number of ether oxygens (including phenoxy) is 2. The maximum absolute atomic E-state index is 5.92. The van der Waals surface area contributed by atoms with E-state index in [1.165, 1.54) is 0 Å². The molecule has 2 rings (SSSR count). The molecule has 0 amide bonds. The summed E-state index contributed by atoms with van der Waals surface area (Å²) in [5, 5.41) is 0. The molecule has 0 atom stereocenters. The lowest BCUT2D eigenvalue weighted by Gasteiger charge is -2.12. The molecule has 2 aromatic carbocycles. The number of halogens is 1. The summed E-state index contributed by atoms with van der Waals surface area (Å²) in [5.41, 5.74) is 8.80. The highest BCUT2D eigenvalue weighted by molar-refractivity contribution is 9.10. The molecule has 0 saturated carbocycles. The Morgan fingerprint density at radius 3 is 2.14 bits per heavy atom. The van der Waals surface area contributed by atoms with Gasteiger partial charge >= 0.3 is 0 Å². The molecule has 0 aliphatic heterocycles. The van der Waals surface area contributed by atoms with Crippen LogP contribution in [-0.2, 0) is 0 Å². The van der Waals surface area contributed by atoms with Crippen LogP contribution in [0.4, 0.5) is 5.69 Å². The summed E-state index contributed by atoms with van der Waals surface area (Å²) in [4.78, 5) is 0. The van der Waals surface area contributed by atoms with Crippen molar-refractivity contribution in [2.24, 2.45) is 0 Å². The molecular formula is C17H20BrNO2. The Hall–Kier alpha value is -1.68. The molecule has 3 nitrogen and oxygen atoms in total. The van der Waals surface area contributed by atoms with Crippen LogP contribution in [0.15, 0.2) is 34.8 Å². The first kappa shape index (κ1) is 15.7. The van der Waals surface area contributed by atoms with Crippen molar-refractivity contribution >= 4 is 21.6 Å². The molecule has 0 fully saturated rings. The van der Waals surface area contributed by atoms with Gasteiger partial charge in [-0.3, -0.25) is 0 Å². The van der Waals surface area contributed by atoms with Crippen molar-refractivity contribution in [3.63, 3.8) is 0 Å². The molecule has 21 heavy (non-hydrogen) atoms. The zero-order chi connectivity index (χ0) is 15.4. The van der Waals surface area contributed by atoms with Crippen LogP contribution in [-0.4, -0.2) is 6.61 Å². The van der Waals surface area contributed by atoms with E-state index < -0.39 is 0 Å². The van der Waals surface area contributed by atoms with Crippen LogP contribution in [0.5, 0.6) is 17.2 Å². The van der Waals surface area contributed by atoms with E-state index in [0.29, 0.717) is 18.0 Å². The molecule has 0 unspecified atom stereocenters. The van der Waals surface area contributed by atoms with Gasteiger partial charge in [0, 0.05) is 28.4 Å². The molecule has 112 valence electrons. The van der Waals surface area contributed by atoms with Gasteiger partial charge in [0.2, 0.25) is 0 Å². The van der Waals surface area contributed by atoms with Gasteiger partial charge in [-0.1, -0.05) is 22.9 Å². The van der Waals surface area contributed by atoms with Crippen molar-refractivity contribution in [3.05, 3.63) is 45.9 Å². The predicted molar refractivity (Wildman–Crippen MR) is 90.3 cm³/mol. The molecule has 0 bridgehead atoms. The van der Waals surface area contributed by atoms with Crippen molar-refractivity contribution in [1.29, 1.82) is 0 Å². The van der Waals surface area contributed by atoms with Crippen molar-refractivity contribution in [2.75, 3.05) is 12.3 Å². The van der Waals surface area contributed by atoms with Crippen LogP contribution in [0.25, 0.3) is 0 Å². The van der Waals surface area contributed by atoms with Crippen LogP contribution in [0.1, 0.15) is 24.5 Å². The second-order valence-electron chi connectivity index (χ2n) is 5.06. The predicted octanol–water partition coefficient (Wildman–Crippen LogP) is 5.23. The average molecular weight is 350 g/mol. The lowest BCUT2D eigenvalue weighted by atomic mass is 10.1. The SMILES string of the molecule is CCCOc1cc(N)cc(Oc2cc(C)c(Br)c(C)c2)c1. The lowest BCUT2D eigenvalue weighted by molar-refractivity contribution is 0.316. The van der Waals surface area contributed by atoms with E-state index in [1.54, 1.807) is 12.1 Å². The maximum atomic E-state index is 5.92. The van der Waals surface area contributed by atoms with Crippen LogP contribution in [0, 0.1) is 13.8 Å². The van der Waals surface area contributed by atoms with E-state index in [4.69, 9.17) is 15.2 Å². The zero-order valence-electron chi connectivity index (χ0n) is 12.6. The quantitative estimate of drug-likeness (QED) is 0.751. The fourth-order valence-electron chi connectivity index (χ4n) is 2.06. The molecule has 2 aromatic rings. The van der Waals surface area contributed by atoms with Crippen LogP contribution < -0.4 is 15.2 Å². The Balaban J connectivity index is 2.24. The molecular weight excluding hydrogens is 330 g/mol. The molecule has 0 aromatic heterocycles. The van der Waals surface area contributed by atoms with Crippen molar-refractivity contribution in [3.8, 4) is 17.2 Å². The first-order chi connectivity index (χ1) is 9.99. The van der Waals surface area contributed by atoms with Gasteiger partial charge in [0.25, 0.3) is 0 Å². The molecule has 0 aliphatic carbocycles. The van der Waals surface area contributed by atoms with Gasteiger partial charge in [-0.25, -0.2) is 0 Å². The summed E-state index contributed by atoms with van der Waals surface area (Å²) in [5.74, 6) is 2.21. The maximum Gasteiger partial charge on any atom is 0.133 e. The molecule has 4 heteroatoms. The molecule has 0 heterocycles. The third-order valence-corrected chi connectivity index (χ3v) is 4.27. The Labute approximate surface area is 134 Å². The van der Waals surface area contributed by atoms with Gasteiger partial charge in [0.15, 0.2) is 0 Å². The van der Waals surface area contributed by atoms with Crippen LogP contribution in [0.3, 0.4) is 0 Å². The van der Waals surface area contributed by atoms with E-state index in [2.05, 4.69) is 22.9 Å². The first-order valence-corrected chi connectivity index (χ1v) is 7.77. The van der Waals surface area contributed by atoms with Crippen molar-refractivity contribution < 1.29 is 9.47 Å². The standard InChI is InChI=1S/C17H20BrNO2/c1-4-5-20-14-8-13(19)9-16(10-14)21-15-6-11(2)17(18)12(3)7-15/h6-10H,4-5,19H2,1-3H3. The highest BCUT2D eigenvalue weighted by Crippen LogP contribution is 2.32. The smallest absolute Gasteiger partial charge is 0.133 e. The molecule has 0 radical (unpaired) electrons. The fraction of sp³-hybridized carbons (Fsp3) is 0.294. The molecule has 2 N–H and O–H groups in total. The normalized spacial score (nSPS) is 10.5. The number of anilines is 1. The van der Waals surface area contributed by atoms with Gasteiger partial charge in [-0.05, 0) is 43.5 Å². The Kier molecular flexibility index (Phi) is 5.12. The van der Waals surface area contributed by atoms with E-state index in [9.17, 15) is 0 Å². The minimum absolute atomic E-state index is 0.629. The topological polar surface area (TPSA) is 44.5 Å². The number of aryl methyl sites for hydroxylation is 2. The van der Waals surface area contributed by atoms with Crippen molar-refractivity contribution in [2.45, 2.75) is 27.2 Å². The van der Waals surface area contributed by atoms with Crippen LogP contribution in [0.2, 0.25) is 0 Å². The summed E-state index contributed by atoms with van der Waals surface area (Å²) >= 11 is 3.55. The zero-order valence-corrected chi connectivity index (χ0v) is 14.2. The van der Waals surface area contributed by atoms with Gasteiger partial charge in [0.1, 0.15) is 17.2 Å². The van der Waals surface area contributed by atoms with E-state index >= 15 is 0 Å². The summed E-state index contributed by atoms with van der Waals surface area (Å²) < 4.78 is 12.6. The lowest BCUT2D eigenvalue weighted by Crippen LogP contribution is -1.97. The van der Waals surface area contributed by atoms with Gasteiger partial charge in [0.05, 0.1) is 6.61 Å². The molecule has 0 saturated heterocycles. The van der Waals surface area contributed by atoms with E-state index in [1.807, 2.05) is 32.0 Å². The Morgan fingerprint density at radius 2 is 1.52 bits per heavy atom. The monoisotopic (exact) mass is 349 g/mol. The molecule has 0 aliphatic rings. The number of hydrogen-bond donors (Lipinski definition) is 1. The number of benzene rings is 2. The summed E-state index contributed by atoms with van der Waals surface area (Å²) in [7, 11) is 0. The number of rotatable bonds is 5. The third kappa shape index (κ3) is 4.14. The highest BCUT2D eigenvalue weighted by Gasteiger charge is 2.06. The Morgan fingerprint density at radius 1 is 0.952 bits per heavy atom. The second-order valence-corrected chi connectivity index (χ2v) is 5.85. The van der Waals surface area contributed by atoms with Crippen molar-refractivity contribution in [1.82, 2.24) is 0 Å².